The molecule has 1 aromatic heterocycles. The summed E-state index contributed by atoms with van der Waals surface area (Å²) < 4.78 is 6.03. The van der Waals surface area contributed by atoms with Crippen LogP contribution in [0.1, 0.15) is 36.5 Å². The zero-order chi connectivity index (χ0) is 13.5. The van der Waals surface area contributed by atoms with Crippen LogP contribution in [0.2, 0.25) is 0 Å². The molecule has 0 aliphatic rings. The monoisotopic (exact) mass is 254 g/mol. The van der Waals surface area contributed by atoms with Crippen molar-refractivity contribution in [2.45, 2.75) is 33.2 Å². The van der Waals surface area contributed by atoms with Crippen molar-refractivity contribution in [2.24, 2.45) is 0 Å². The standard InChI is InChI=1S/C11H18N4O3/c1-4-6-12-9(16)7-15-8(5-2)10(13-14-15)11(17)18-3/h4-7H2,1-3H3,(H,12,16). The van der Waals surface area contributed by atoms with Gasteiger partial charge in [-0.1, -0.05) is 19.1 Å². The van der Waals surface area contributed by atoms with Crippen molar-refractivity contribution in [2.75, 3.05) is 13.7 Å². The minimum atomic E-state index is -0.535. The van der Waals surface area contributed by atoms with E-state index >= 15 is 0 Å². The van der Waals surface area contributed by atoms with Gasteiger partial charge in [0.25, 0.3) is 0 Å². The number of methoxy groups -OCH3 is 1. The molecule has 1 heterocycles. The Morgan fingerprint density at radius 2 is 2.11 bits per heavy atom. The summed E-state index contributed by atoms with van der Waals surface area (Å²) >= 11 is 0. The smallest absolute Gasteiger partial charge is 0.360 e. The maximum absolute atomic E-state index is 11.6. The summed E-state index contributed by atoms with van der Waals surface area (Å²) in [4.78, 5) is 23.0. The second-order valence-electron chi connectivity index (χ2n) is 3.74. The third kappa shape index (κ3) is 3.28. The molecule has 100 valence electrons. The van der Waals surface area contributed by atoms with Crippen molar-refractivity contribution in [3.63, 3.8) is 0 Å². The van der Waals surface area contributed by atoms with Crippen LogP contribution in [0.3, 0.4) is 0 Å². The normalized spacial score (nSPS) is 10.2. The highest BCUT2D eigenvalue weighted by Crippen LogP contribution is 2.07. The quantitative estimate of drug-likeness (QED) is 0.730. The molecule has 0 aliphatic heterocycles. The van der Waals surface area contributed by atoms with Crippen LogP contribution in [0.15, 0.2) is 0 Å². The van der Waals surface area contributed by atoms with Gasteiger partial charge < -0.3 is 10.1 Å². The zero-order valence-corrected chi connectivity index (χ0v) is 10.9. The second kappa shape index (κ2) is 6.73. The van der Waals surface area contributed by atoms with Gasteiger partial charge in [0.05, 0.1) is 12.8 Å². The first kappa shape index (κ1) is 14.1. The van der Waals surface area contributed by atoms with Crippen molar-refractivity contribution in [3.05, 3.63) is 11.4 Å². The second-order valence-corrected chi connectivity index (χ2v) is 3.74. The fourth-order valence-corrected chi connectivity index (χ4v) is 1.52. The lowest BCUT2D eigenvalue weighted by Gasteiger charge is -2.06. The maximum atomic E-state index is 11.6. The van der Waals surface area contributed by atoms with Gasteiger partial charge in [0, 0.05) is 6.54 Å². The molecule has 0 saturated carbocycles. The minimum absolute atomic E-state index is 0.0627. The number of amides is 1. The summed E-state index contributed by atoms with van der Waals surface area (Å²) in [7, 11) is 1.29. The Bertz CT molecular complexity index is 428. The Morgan fingerprint density at radius 3 is 2.67 bits per heavy atom. The van der Waals surface area contributed by atoms with Crippen molar-refractivity contribution < 1.29 is 14.3 Å². The molecular weight excluding hydrogens is 236 g/mol. The first-order valence-corrected chi connectivity index (χ1v) is 5.91. The Morgan fingerprint density at radius 1 is 1.39 bits per heavy atom. The van der Waals surface area contributed by atoms with Crippen LogP contribution < -0.4 is 5.32 Å². The highest BCUT2D eigenvalue weighted by atomic mass is 16.5. The first-order valence-electron chi connectivity index (χ1n) is 5.91. The molecule has 1 amide bonds. The molecule has 0 saturated heterocycles. The van der Waals surface area contributed by atoms with E-state index in [-0.39, 0.29) is 18.1 Å². The van der Waals surface area contributed by atoms with Crippen LogP contribution in [0, 0.1) is 0 Å². The minimum Gasteiger partial charge on any atom is -0.464 e. The van der Waals surface area contributed by atoms with E-state index in [2.05, 4.69) is 20.4 Å². The third-order valence-corrected chi connectivity index (χ3v) is 2.42. The predicted molar refractivity (Wildman–Crippen MR) is 64.0 cm³/mol. The van der Waals surface area contributed by atoms with Gasteiger partial charge in [0.15, 0.2) is 5.69 Å². The lowest BCUT2D eigenvalue weighted by atomic mass is 10.2. The molecule has 7 heteroatoms. The molecule has 18 heavy (non-hydrogen) atoms. The van der Waals surface area contributed by atoms with Gasteiger partial charge in [-0.15, -0.1) is 5.10 Å². The van der Waals surface area contributed by atoms with E-state index in [1.54, 1.807) is 0 Å². The van der Waals surface area contributed by atoms with Crippen molar-refractivity contribution in [1.29, 1.82) is 0 Å². The van der Waals surface area contributed by atoms with Crippen LogP contribution in [0.5, 0.6) is 0 Å². The number of ether oxygens (including phenoxy) is 1. The average molecular weight is 254 g/mol. The van der Waals surface area contributed by atoms with E-state index < -0.39 is 5.97 Å². The predicted octanol–water partition coefficient (Wildman–Crippen LogP) is 0.153. The van der Waals surface area contributed by atoms with Crippen molar-refractivity contribution in [1.82, 2.24) is 20.3 Å². The molecule has 1 aromatic rings. The number of carbonyl (C=O) groups excluding carboxylic acids is 2. The number of carbonyl (C=O) groups is 2. The van der Waals surface area contributed by atoms with Crippen LogP contribution in [0.25, 0.3) is 0 Å². The van der Waals surface area contributed by atoms with E-state index in [4.69, 9.17) is 0 Å². The summed E-state index contributed by atoms with van der Waals surface area (Å²) in [5.41, 5.74) is 0.775. The third-order valence-electron chi connectivity index (χ3n) is 2.42. The Hall–Kier alpha value is -1.92. The number of aromatic nitrogens is 3. The van der Waals surface area contributed by atoms with Gasteiger partial charge in [-0.3, -0.25) is 4.79 Å². The van der Waals surface area contributed by atoms with Crippen LogP contribution >= 0.6 is 0 Å². The van der Waals surface area contributed by atoms with E-state index in [0.717, 1.165) is 6.42 Å². The lowest BCUT2D eigenvalue weighted by Crippen LogP contribution is -2.29. The lowest BCUT2D eigenvalue weighted by molar-refractivity contribution is -0.121. The van der Waals surface area contributed by atoms with Gasteiger partial charge in [-0.2, -0.15) is 0 Å². The van der Waals surface area contributed by atoms with Crippen molar-refractivity contribution in [3.8, 4) is 0 Å². The largest absolute Gasteiger partial charge is 0.464 e. The van der Waals surface area contributed by atoms with Gasteiger partial charge in [0.2, 0.25) is 5.91 Å². The summed E-state index contributed by atoms with van der Waals surface area (Å²) in [6.07, 6.45) is 1.43. The number of nitrogens with one attached hydrogen (secondary N) is 1. The molecule has 0 radical (unpaired) electrons. The summed E-state index contributed by atoms with van der Waals surface area (Å²) in [6.45, 7) is 4.53. The first-order chi connectivity index (χ1) is 8.63. The van der Waals surface area contributed by atoms with Crippen LogP contribution in [0.4, 0.5) is 0 Å². The summed E-state index contributed by atoms with van der Waals surface area (Å²) in [5, 5.41) is 10.3. The van der Waals surface area contributed by atoms with E-state index in [1.165, 1.54) is 11.8 Å². The molecule has 0 atom stereocenters. The number of hydrogen-bond donors (Lipinski definition) is 1. The van der Waals surface area contributed by atoms with Gasteiger partial charge in [-0.25, -0.2) is 9.48 Å². The molecule has 0 unspecified atom stereocenters. The average Bonchev–Trinajstić information content (AvgIpc) is 2.78. The number of nitrogens with zero attached hydrogens (tertiary/aromatic N) is 3. The fourth-order valence-electron chi connectivity index (χ4n) is 1.52. The number of rotatable bonds is 6. The maximum Gasteiger partial charge on any atom is 0.360 e. The summed E-state index contributed by atoms with van der Waals surface area (Å²) in [5.74, 6) is -0.681. The fraction of sp³-hybridized carbons (Fsp3) is 0.636. The van der Waals surface area contributed by atoms with Gasteiger partial charge in [0.1, 0.15) is 6.54 Å². The van der Waals surface area contributed by atoms with E-state index in [0.29, 0.717) is 18.7 Å². The molecule has 0 bridgehead atoms. The van der Waals surface area contributed by atoms with E-state index in [1.807, 2.05) is 13.8 Å². The Kier molecular flexibility index (Phi) is 5.29. The molecule has 0 aliphatic carbocycles. The molecular formula is C11H18N4O3. The molecule has 0 fully saturated rings. The van der Waals surface area contributed by atoms with Crippen LogP contribution in [-0.4, -0.2) is 40.5 Å². The number of esters is 1. The molecule has 7 nitrogen and oxygen atoms in total. The molecule has 1 N–H and O–H groups in total. The molecule has 0 spiro atoms. The summed E-state index contributed by atoms with van der Waals surface area (Å²) in [6, 6.07) is 0. The molecule has 0 aromatic carbocycles. The van der Waals surface area contributed by atoms with Crippen molar-refractivity contribution >= 4 is 11.9 Å². The highest BCUT2D eigenvalue weighted by Gasteiger charge is 2.19. The van der Waals surface area contributed by atoms with Gasteiger partial charge >= 0.3 is 5.97 Å². The zero-order valence-electron chi connectivity index (χ0n) is 10.9. The molecule has 1 rings (SSSR count). The Balaban J connectivity index is 2.80. The van der Waals surface area contributed by atoms with E-state index in [9.17, 15) is 9.59 Å². The highest BCUT2D eigenvalue weighted by molar-refractivity contribution is 5.88. The topological polar surface area (TPSA) is 86.1 Å². The number of hydrogen-bond acceptors (Lipinski definition) is 5. The van der Waals surface area contributed by atoms with Crippen LogP contribution in [-0.2, 0) is 22.5 Å². The Labute approximate surface area is 105 Å². The van der Waals surface area contributed by atoms with Gasteiger partial charge in [-0.05, 0) is 12.8 Å². The SMILES string of the molecule is CCCNC(=O)Cn1nnc(C(=O)OC)c1CC.